The van der Waals surface area contributed by atoms with E-state index in [2.05, 4.69) is 0 Å². The molecule has 1 heterocycles. The van der Waals surface area contributed by atoms with Gasteiger partial charge in [0.1, 0.15) is 10.8 Å². The van der Waals surface area contributed by atoms with Crippen LogP contribution < -0.4 is 10.5 Å². The van der Waals surface area contributed by atoms with Crippen LogP contribution in [0.3, 0.4) is 0 Å². The first kappa shape index (κ1) is 12.4. The van der Waals surface area contributed by atoms with Crippen molar-refractivity contribution in [1.29, 1.82) is 0 Å². The Kier molecular flexibility index (Phi) is 3.53. The van der Waals surface area contributed by atoms with Crippen molar-refractivity contribution in [3.8, 4) is 5.75 Å². The van der Waals surface area contributed by atoms with Gasteiger partial charge >= 0.3 is 5.97 Å². The average Bonchev–Trinajstić information content (AvgIpc) is 2.71. The lowest BCUT2D eigenvalue weighted by Crippen LogP contribution is -1.97. The number of nitrogen functional groups attached to an aromatic ring is 1. The molecule has 1 aromatic carbocycles. The number of hydrogen-bond acceptors (Lipinski definition) is 4. The fourth-order valence-electron chi connectivity index (χ4n) is 1.66. The van der Waals surface area contributed by atoms with Crippen LogP contribution in [0.4, 0.5) is 5.00 Å². The molecule has 0 amide bonds. The molecule has 0 unspecified atom stereocenters. The van der Waals surface area contributed by atoms with Gasteiger partial charge in [-0.3, -0.25) is 0 Å². The first-order valence-electron chi connectivity index (χ1n) is 5.34. The summed E-state index contributed by atoms with van der Waals surface area (Å²) in [6.07, 6.45) is 0.673. The number of hydrogen-bond donors (Lipinski definition) is 2. The largest absolute Gasteiger partial charge is 0.497 e. The molecule has 1 aromatic heterocycles. The first-order valence-corrected chi connectivity index (χ1v) is 6.16. The van der Waals surface area contributed by atoms with Crippen molar-refractivity contribution in [3.63, 3.8) is 0 Å². The van der Waals surface area contributed by atoms with Gasteiger partial charge in [0.25, 0.3) is 0 Å². The molecule has 0 saturated heterocycles. The number of ether oxygens (including phenoxy) is 1. The van der Waals surface area contributed by atoms with Crippen LogP contribution in [0, 0.1) is 0 Å². The third-order valence-electron chi connectivity index (χ3n) is 2.58. The van der Waals surface area contributed by atoms with Gasteiger partial charge < -0.3 is 15.6 Å². The monoisotopic (exact) mass is 263 g/mol. The van der Waals surface area contributed by atoms with E-state index in [0.717, 1.165) is 16.2 Å². The molecule has 3 N–H and O–H groups in total. The summed E-state index contributed by atoms with van der Waals surface area (Å²) in [5, 5.41) is 9.28. The zero-order valence-electron chi connectivity index (χ0n) is 9.84. The number of carboxylic acid groups (broad SMARTS) is 1. The summed E-state index contributed by atoms with van der Waals surface area (Å²) in [6, 6.07) is 9.30. The van der Waals surface area contributed by atoms with Gasteiger partial charge in [-0.2, -0.15) is 0 Å². The molecule has 0 fully saturated rings. The first-order chi connectivity index (χ1) is 8.60. The van der Waals surface area contributed by atoms with Gasteiger partial charge in [0, 0.05) is 11.3 Å². The maximum atomic E-state index is 10.9. The van der Waals surface area contributed by atoms with Crippen LogP contribution in [0.2, 0.25) is 0 Å². The van der Waals surface area contributed by atoms with Crippen molar-refractivity contribution in [2.24, 2.45) is 0 Å². The van der Waals surface area contributed by atoms with E-state index in [4.69, 9.17) is 15.6 Å². The molecule has 4 nitrogen and oxygen atoms in total. The number of carboxylic acids is 1. The number of carbonyl (C=O) groups is 1. The topological polar surface area (TPSA) is 72.5 Å². The Hall–Kier alpha value is -2.01. The molecule has 5 heteroatoms. The van der Waals surface area contributed by atoms with Crippen molar-refractivity contribution >= 4 is 22.3 Å². The van der Waals surface area contributed by atoms with Crippen LogP contribution in [0.25, 0.3) is 0 Å². The maximum absolute atomic E-state index is 10.9. The minimum Gasteiger partial charge on any atom is -0.497 e. The third-order valence-corrected chi connectivity index (χ3v) is 3.54. The summed E-state index contributed by atoms with van der Waals surface area (Å²) in [6.45, 7) is 0. The number of rotatable bonds is 4. The Bertz CT molecular complexity index is 560. The van der Waals surface area contributed by atoms with Crippen LogP contribution in [0.1, 0.15) is 20.8 Å². The number of benzene rings is 1. The van der Waals surface area contributed by atoms with E-state index in [1.165, 1.54) is 11.3 Å². The number of aromatic carboxylic acids is 1. The lowest BCUT2D eigenvalue weighted by molar-refractivity contribution is 0.0698. The second-order valence-corrected chi connectivity index (χ2v) is 4.99. The lowest BCUT2D eigenvalue weighted by Gasteiger charge is -2.01. The van der Waals surface area contributed by atoms with Gasteiger partial charge in [0.15, 0.2) is 0 Å². The lowest BCUT2D eigenvalue weighted by atomic mass is 10.1. The molecule has 0 aliphatic heterocycles. The zero-order valence-corrected chi connectivity index (χ0v) is 10.7. The standard InChI is InChI=1S/C13H13NO3S/c1-17-9-4-2-8(3-5-9)6-10-7-11(13(15)16)12(14)18-10/h2-5,7H,6,14H2,1H3,(H,15,16). The summed E-state index contributed by atoms with van der Waals surface area (Å²) in [5.74, 6) is -0.180. The minimum absolute atomic E-state index is 0.184. The quantitative estimate of drug-likeness (QED) is 0.889. The Morgan fingerprint density at radius 1 is 1.39 bits per heavy atom. The Morgan fingerprint density at radius 3 is 2.56 bits per heavy atom. The highest BCUT2D eigenvalue weighted by molar-refractivity contribution is 7.16. The highest BCUT2D eigenvalue weighted by Crippen LogP contribution is 2.27. The van der Waals surface area contributed by atoms with Crippen LogP contribution in [-0.4, -0.2) is 18.2 Å². The summed E-state index contributed by atoms with van der Waals surface area (Å²) in [7, 11) is 1.62. The second kappa shape index (κ2) is 5.10. The van der Waals surface area contributed by atoms with Crippen molar-refractivity contribution in [3.05, 3.63) is 46.3 Å². The average molecular weight is 263 g/mol. The van der Waals surface area contributed by atoms with Gasteiger partial charge in [0.05, 0.1) is 12.7 Å². The van der Waals surface area contributed by atoms with Gasteiger partial charge in [-0.15, -0.1) is 11.3 Å². The van der Waals surface area contributed by atoms with Crippen LogP contribution in [0.5, 0.6) is 5.75 Å². The normalized spacial score (nSPS) is 10.3. The molecule has 0 aliphatic carbocycles. The number of nitrogens with two attached hydrogens (primary N) is 1. The van der Waals surface area contributed by atoms with E-state index in [-0.39, 0.29) is 5.56 Å². The van der Waals surface area contributed by atoms with Crippen LogP contribution >= 0.6 is 11.3 Å². The van der Waals surface area contributed by atoms with Gasteiger partial charge in [0.2, 0.25) is 0 Å². The molecule has 0 aliphatic rings. The second-order valence-electron chi connectivity index (χ2n) is 3.82. The predicted octanol–water partition coefficient (Wildman–Crippen LogP) is 2.63. The smallest absolute Gasteiger partial charge is 0.338 e. The number of methoxy groups -OCH3 is 1. The minimum atomic E-state index is -0.982. The molecule has 94 valence electrons. The molecule has 0 saturated carbocycles. The molecule has 0 bridgehead atoms. The summed E-state index contributed by atoms with van der Waals surface area (Å²) >= 11 is 1.31. The fourth-order valence-corrected chi connectivity index (χ4v) is 2.61. The van der Waals surface area contributed by atoms with Gasteiger partial charge in [-0.05, 0) is 23.8 Å². The maximum Gasteiger partial charge on any atom is 0.338 e. The van der Waals surface area contributed by atoms with E-state index >= 15 is 0 Å². The van der Waals surface area contributed by atoms with Crippen LogP contribution in [0.15, 0.2) is 30.3 Å². The van der Waals surface area contributed by atoms with E-state index in [9.17, 15) is 4.79 Å². The summed E-state index contributed by atoms with van der Waals surface area (Å²) < 4.78 is 5.08. The van der Waals surface area contributed by atoms with E-state index in [1.54, 1.807) is 13.2 Å². The molecule has 18 heavy (non-hydrogen) atoms. The molecule has 0 spiro atoms. The van der Waals surface area contributed by atoms with E-state index in [0.29, 0.717) is 11.4 Å². The molecule has 2 rings (SSSR count). The summed E-state index contributed by atoms with van der Waals surface area (Å²) in [5.41, 5.74) is 6.93. The Labute approximate surface area is 109 Å². The van der Waals surface area contributed by atoms with Crippen molar-refractivity contribution < 1.29 is 14.6 Å². The SMILES string of the molecule is COc1ccc(Cc2cc(C(=O)O)c(N)s2)cc1. The van der Waals surface area contributed by atoms with Crippen LogP contribution in [-0.2, 0) is 6.42 Å². The highest BCUT2D eigenvalue weighted by Gasteiger charge is 2.12. The number of thiophene rings is 1. The predicted molar refractivity (Wildman–Crippen MR) is 71.5 cm³/mol. The molecular formula is C13H13NO3S. The molecular weight excluding hydrogens is 250 g/mol. The molecule has 0 radical (unpaired) electrons. The fraction of sp³-hybridized carbons (Fsp3) is 0.154. The number of anilines is 1. The summed E-state index contributed by atoms with van der Waals surface area (Å²) in [4.78, 5) is 11.8. The molecule has 0 atom stereocenters. The Balaban J connectivity index is 2.18. The van der Waals surface area contributed by atoms with E-state index < -0.39 is 5.97 Å². The van der Waals surface area contributed by atoms with E-state index in [1.807, 2.05) is 24.3 Å². The molecule has 2 aromatic rings. The van der Waals surface area contributed by atoms with Gasteiger partial charge in [-0.25, -0.2) is 4.79 Å². The third kappa shape index (κ3) is 2.62. The van der Waals surface area contributed by atoms with Crippen molar-refractivity contribution in [2.75, 3.05) is 12.8 Å². The zero-order chi connectivity index (χ0) is 13.1. The van der Waals surface area contributed by atoms with Crippen molar-refractivity contribution in [2.45, 2.75) is 6.42 Å². The Morgan fingerprint density at radius 2 is 2.06 bits per heavy atom. The highest BCUT2D eigenvalue weighted by atomic mass is 32.1. The van der Waals surface area contributed by atoms with Crippen molar-refractivity contribution in [1.82, 2.24) is 0 Å². The van der Waals surface area contributed by atoms with Gasteiger partial charge in [-0.1, -0.05) is 12.1 Å².